The van der Waals surface area contributed by atoms with Crippen molar-refractivity contribution in [3.05, 3.63) is 66.2 Å². The summed E-state index contributed by atoms with van der Waals surface area (Å²) in [4.78, 5) is 36.9. The first-order chi connectivity index (χ1) is 14.0. The number of carbonyl (C=O) groups is 3. The summed E-state index contributed by atoms with van der Waals surface area (Å²) >= 11 is 0. The predicted molar refractivity (Wildman–Crippen MR) is 104 cm³/mol. The van der Waals surface area contributed by atoms with Crippen molar-refractivity contribution in [3.8, 4) is 11.3 Å². The van der Waals surface area contributed by atoms with Crippen LogP contribution in [0.2, 0.25) is 0 Å². The number of nitrogens with zero attached hydrogens (tertiary/aromatic N) is 1. The van der Waals surface area contributed by atoms with Gasteiger partial charge in [-0.05, 0) is 24.1 Å². The molecule has 1 atom stereocenters. The van der Waals surface area contributed by atoms with Crippen LogP contribution in [0.4, 0.5) is 0 Å². The zero-order valence-electron chi connectivity index (χ0n) is 15.9. The SMILES string of the molecule is CC(C)[C@H](NC(=O)c1ccco1)C(=O)NNC(=O)c1cc(-c2ccccc2)n[nH]1. The van der Waals surface area contributed by atoms with Gasteiger partial charge < -0.3 is 9.73 Å². The average Bonchev–Trinajstić information content (AvgIpc) is 3.42. The van der Waals surface area contributed by atoms with E-state index in [4.69, 9.17) is 4.42 Å². The molecule has 9 heteroatoms. The summed E-state index contributed by atoms with van der Waals surface area (Å²) in [5.41, 5.74) is 6.30. The fourth-order valence-corrected chi connectivity index (χ4v) is 2.61. The number of rotatable bonds is 6. The number of furan rings is 1. The number of benzene rings is 1. The molecule has 0 aliphatic heterocycles. The maximum atomic E-state index is 12.5. The van der Waals surface area contributed by atoms with Crippen LogP contribution in [0.25, 0.3) is 11.3 Å². The molecule has 0 spiro atoms. The number of hydrogen-bond donors (Lipinski definition) is 4. The molecule has 29 heavy (non-hydrogen) atoms. The second-order valence-electron chi connectivity index (χ2n) is 6.65. The highest BCUT2D eigenvalue weighted by atomic mass is 16.3. The minimum absolute atomic E-state index is 0.0957. The van der Waals surface area contributed by atoms with Crippen LogP contribution in [-0.4, -0.2) is 34.0 Å². The molecule has 0 saturated heterocycles. The highest BCUT2D eigenvalue weighted by molar-refractivity contribution is 5.97. The Kier molecular flexibility index (Phi) is 6.08. The largest absolute Gasteiger partial charge is 0.459 e. The number of carbonyl (C=O) groups excluding carboxylic acids is 3. The summed E-state index contributed by atoms with van der Waals surface area (Å²) in [5, 5.41) is 9.33. The van der Waals surface area contributed by atoms with Gasteiger partial charge >= 0.3 is 0 Å². The normalized spacial score (nSPS) is 11.7. The number of nitrogens with one attached hydrogen (secondary N) is 4. The number of H-pyrrole nitrogens is 1. The molecule has 4 N–H and O–H groups in total. The zero-order valence-corrected chi connectivity index (χ0v) is 15.9. The maximum Gasteiger partial charge on any atom is 0.287 e. The van der Waals surface area contributed by atoms with E-state index >= 15 is 0 Å². The van der Waals surface area contributed by atoms with Gasteiger partial charge in [0.1, 0.15) is 11.7 Å². The number of aromatic amines is 1. The number of hydrazine groups is 1. The third kappa shape index (κ3) is 4.89. The molecule has 2 heterocycles. The van der Waals surface area contributed by atoms with Crippen LogP contribution in [0.15, 0.2) is 59.2 Å². The Labute approximate surface area is 166 Å². The van der Waals surface area contributed by atoms with Gasteiger partial charge in [0.2, 0.25) is 0 Å². The molecule has 0 bridgehead atoms. The van der Waals surface area contributed by atoms with E-state index in [-0.39, 0.29) is 17.4 Å². The molecule has 0 unspecified atom stereocenters. The molecule has 3 aromatic rings. The van der Waals surface area contributed by atoms with E-state index in [9.17, 15) is 14.4 Å². The summed E-state index contributed by atoms with van der Waals surface area (Å²) in [6, 6.07) is 13.1. The Morgan fingerprint density at radius 3 is 2.41 bits per heavy atom. The van der Waals surface area contributed by atoms with E-state index in [0.29, 0.717) is 5.69 Å². The van der Waals surface area contributed by atoms with Crippen molar-refractivity contribution in [2.24, 2.45) is 5.92 Å². The van der Waals surface area contributed by atoms with Crippen LogP contribution in [0.1, 0.15) is 34.9 Å². The van der Waals surface area contributed by atoms with Crippen LogP contribution in [-0.2, 0) is 4.79 Å². The smallest absolute Gasteiger partial charge is 0.287 e. The molecule has 0 radical (unpaired) electrons. The molecular weight excluding hydrogens is 374 g/mol. The maximum absolute atomic E-state index is 12.5. The van der Waals surface area contributed by atoms with Crippen molar-refractivity contribution in [1.29, 1.82) is 0 Å². The van der Waals surface area contributed by atoms with E-state index in [1.807, 2.05) is 30.3 Å². The summed E-state index contributed by atoms with van der Waals surface area (Å²) < 4.78 is 5.03. The highest BCUT2D eigenvalue weighted by Gasteiger charge is 2.26. The molecule has 3 rings (SSSR count). The molecule has 9 nitrogen and oxygen atoms in total. The van der Waals surface area contributed by atoms with Crippen molar-refractivity contribution >= 4 is 17.7 Å². The second-order valence-corrected chi connectivity index (χ2v) is 6.65. The topological polar surface area (TPSA) is 129 Å². The third-order valence-electron chi connectivity index (χ3n) is 4.17. The number of hydrogen-bond acceptors (Lipinski definition) is 5. The second kappa shape index (κ2) is 8.87. The molecular formula is C20H21N5O4. The highest BCUT2D eigenvalue weighted by Crippen LogP contribution is 2.16. The van der Waals surface area contributed by atoms with Gasteiger partial charge in [-0.15, -0.1) is 0 Å². The van der Waals surface area contributed by atoms with Crippen LogP contribution in [0.3, 0.4) is 0 Å². The Morgan fingerprint density at radius 2 is 1.76 bits per heavy atom. The van der Waals surface area contributed by atoms with E-state index in [1.165, 1.54) is 12.3 Å². The molecule has 3 amide bonds. The Balaban J connectivity index is 1.59. The summed E-state index contributed by atoms with van der Waals surface area (Å²) in [6.45, 7) is 3.55. The van der Waals surface area contributed by atoms with Crippen LogP contribution in [0.5, 0.6) is 0 Å². The van der Waals surface area contributed by atoms with Crippen LogP contribution < -0.4 is 16.2 Å². The third-order valence-corrected chi connectivity index (χ3v) is 4.17. The van der Waals surface area contributed by atoms with Gasteiger partial charge in [0.15, 0.2) is 5.76 Å². The minimum atomic E-state index is -0.866. The standard InChI is InChI=1S/C20H21N5O4/c1-12(2)17(21-19(27)16-9-6-10-29-16)20(28)25-24-18(26)15-11-14(22-23-15)13-7-4-3-5-8-13/h3-12,17H,1-2H3,(H,21,27)(H,22,23)(H,24,26)(H,25,28)/t17-/m0/s1. The van der Waals surface area contributed by atoms with E-state index in [2.05, 4.69) is 26.4 Å². The lowest BCUT2D eigenvalue weighted by molar-refractivity contribution is -0.124. The lowest BCUT2D eigenvalue weighted by atomic mass is 10.0. The monoisotopic (exact) mass is 395 g/mol. The van der Waals surface area contributed by atoms with Crippen molar-refractivity contribution in [2.45, 2.75) is 19.9 Å². The van der Waals surface area contributed by atoms with Crippen LogP contribution in [0, 0.1) is 5.92 Å². The number of amides is 3. The van der Waals surface area contributed by atoms with Crippen molar-refractivity contribution in [1.82, 2.24) is 26.4 Å². The zero-order chi connectivity index (χ0) is 20.8. The van der Waals surface area contributed by atoms with E-state index < -0.39 is 23.8 Å². The first-order valence-electron chi connectivity index (χ1n) is 9.01. The first-order valence-corrected chi connectivity index (χ1v) is 9.01. The molecule has 0 fully saturated rings. The molecule has 150 valence electrons. The Hall–Kier alpha value is -3.88. The van der Waals surface area contributed by atoms with Crippen LogP contribution >= 0.6 is 0 Å². The quantitative estimate of drug-likeness (QED) is 0.474. The molecule has 0 saturated carbocycles. The molecule has 2 aromatic heterocycles. The molecule has 0 aliphatic rings. The van der Waals surface area contributed by atoms with E-state index in [0.717, 1.165) is 5.56 Å². The first kappa shape index (κ1) is 19.9. The fraction of sp³-hybridized carbons (Fsp3) is 0.200. The summed E-state index contributed by atoms with van der Waals surface area (Å²) in [5.74, 6) is -1.76. The molecule has 1 aromatic carbocycles. The van der Waals surface area contributed by atoms with Gasteiger partial charge in [0.25, 0.3) is 17.7 Å². The summed E-state index contributed by atoms with van der Waals surface area (Å²) in [6.07, 6.45) is 1.37. The predicted octanol–water partition coefficient (Wildman–Crippen LogP) is 1.89. The minimum Gasteiger partial charge on any atom is -0.459 e. The van der Waals surface area contributed by atoms with Crippen molar-refractivity contribution < 1.29 is 18.8 Å². The Morgan fingerprint density at radius 1 is 1.00 bits per heavy atom. The fourth-order valence-electron chi connectivity index (χ4n) is 2.61. The van der Waals surface area contributed by atoms with E-state index in [1.54, 1.807) is 26.0 Å². The average molecular weight is 395 g/mol. The van der Waals surface area contributed by atoms with Gasteiger partial charge in [-0.3, -0.25) is 30.3 Å². The number of aromatic nitrogens is 2. The van der Waals surface area contributed by atoms with Gasteiger partial charge in [-0.1, -0.05) is 44.2 Å². The molecule has 0 aliphatic carbocycles. The lowest BCUT2D eigenvalue weighted by Gasteiger charge is -2.21. The summed E-state index contributed by atoms with van der Waals surface area (Å²) in [7, 11) is 0. The van der Waals surface area contributed by atoms with Gasteiger partial charge in [0.05, 0.1) is 12.0 Å². The van der Waals surface area contributed by atoms with Gasteiger partial charge in [-0.25, -0.2) is 0 Å². The lowest BCUT2D eigenvalue weighted by Crippen LogP contribution is -2.54. The van der Waals surface area contributed by atoms with Gasteiger partial charge in [0, 0.05) is 5.56 Å². The van der Waals surface area contributed by atoms with Crippen molar-refractivity contribution in [3.63, 3.8) is 0 Å². The Bertz CT molecular complexity index is 979. The van der Waals surface area contributed by atoms with Crippen molar-refractivity contribution in [2.75, 3.05) is 0 Å². The van der Waals surface area contributed by atoms with Gasteiger partial charge in [-0.2, -0.15) is 5.10 Å².